The summed E-state index contributed by atoms with van der Waals surface area (Å²) in [6.07, 6.45) is 1.89. The number of nitrogens with zero attached hydrogens (tertiary/aromatic N) is 1. The second-order valence-corrected chi connectivity index (χ2v) is 3.53. The molecule has 0 bridgehead atoms. The van der Waals surface area contributed by atoms with E-state index in [1.54, 1.807) is 0 Å². The van der Waals surface area contributed by atoms with Gasteiger partial charge in [-0.05, 0) is 13.0 Å². The molecule has 0 aliphatic carbocycles. The summed E-state index contributed by atoms with van der Waals surface area (Å²) in [7, 11) is 1.93. The molecule has 2 aliphatic heterocycles. The van der Waals surface area contributed by atoms with Gasteiger partial charge >= 0.3 is 0 Å². The van der Waals surface area contributed by atoms with E-state index in [1.165, 1.54) is 0 Å². The van der Waals surface area contributed by atoms with Gasteiger partial charge in [0.2, 0.25) is 5.91 Å². The maximum absolute atomic E-state index is 11.2. The highest BCUT2D eigenvalue weighted by molar-refractivity contribution is 5.79. The van der Waals surface area contributed by atoms with Crippen LogP contribution in [-0.4, -0.2) is 37.0 Å². The summed E-state index contributed by atoms with van der Waals surface area (Å²) >= 11 is 0. The molecule has 2 saturated heterocycles. The normalized spacial score (nSPS) is 37.5. The third-order valence-corrected chi connectivity index (χ3v) is 2.90. The molecule has 2 rings (SSSR count). The van der Waals surface area contributed by atoms with Crippen LogP contribution in [-0.2, 0) is 4.79 Å². The standard InChI is InChI=1S/C8H14N2O/c1-10-7-2-3-9-5-6(7)4-8(10)11/h6-7,9H,2-5H2,1H3. The van der Waals surface area contributed by atoms with Gasteiger partial charge in [-0.2, -0.15) is 0 Å². The van der Waals surface area contributed by atoms with E-state index >= 15 is 0 Å². The molecule has 0 spiro atoms. The van der Waals surface area contributed by atoms with Crippen LogP contribution in [0.4, 0.5) is 0 Å². The van der Waals surface area contributed by atoms with Crippen LogP contribution in [0.1, 0.15) is 12.8 Å². The van der Waals surface area contributed by atoms with E-state index in [9.17, 15) is 4.79 Å². The summed E-state index contributed by atoms with van der Waals surface area (Å²) in [5, 5.41) is 3.32. The first-order valence-electron chi connectivity index (χ1n) is 4.25. The monoisotopic (exact) mass is 154 g/mol. The first kappa shape index (κ1) is 7.10. The number of hydrogen-bond donors (Lipinski definition) is 1. The average molecular weight is 154 g/mol. The van der Waals surface area contributed by atoms with Crippen molar-refractivity contribution >= 4 is 5.91 Å². The Labute approximate surface area is 66.8 Å². The number of hydrogen-bond acceptors (Lipinski definition) is 2. The fraction of sp³-hybridized carbons (Fsp3) is 0.875. The number of amides is 1. The molecule has 0 aromatic heterocycles. The predicted octanol–water partition coefficient (Wildman–Crippen LogP) is -0.173. The van der Waals surface area contributed by atoms with Gasteiger partial charge in [0.1, 0.15) is 0 Å². The van der Waals surface area contributed by atoms with Crippen molar-refractivity contribution in [3.63, 3.8) is 0 Å². The summed E-state index contributed by atoms with van der Waals surface area (Å²) in [5.41, 5.74) is 0. The number of fused-ring (bicyclic) bond motifs is 1. The van der Waals surface area contributed by atoms with Crippen molar-refractivity contribution in [1.29, 1.82) is 0 Å². The molecule has 0 saturated carbocycles. The Hall–Kier alpha value is -0.570. The van der Waals surface area contributed by atoms with Gasteiger partial charge in [0.15, 0.2) is 0 Å². The molecule has 1 amide bonds. The molecule has 2 fully saturated rings. The lowest BCUT2D eigenvalue weighted by atomic mass is 9.94. The van der Waals surface area contributed by atoms with Crippen LogP contribution in [0.5, 0.6) is 0 Å². The number of rotatable bonds is 0. The Morgan fingerprint density at radius 3 is 3.18 bits per heavy atom. The smallest absolute Gasteiger partial charge is 0.222 e. The van der Waals surface area contributed by atoms with E-state index in [4.69, 9.17) is 0 Å². The molecular formula is C8H14N2O. The van der Waals surface area contributed by atoms with Crippen molar-refractivity contribution in [2.24, 2.45) is 5.92 Å². The van der Waals surface area contributed by atoms with Crippen molar-refractivity contribution in [1.82, 2.24) is 10.2 Å². The topological polar surface area (TPSA) is 32.3 Å². The quantitative estimate of drug-likeness (QED) is 0.525. The highest BCUT2D eigenvalue weighted by atomic mass is 16.2. The van der Waals surface area contributed by atoms with Gasteiger partial charge in [-0.25, -0.2) is 0 Å². The lowest BCUT2D eigenvalue weighted by molar-refractivity contribution is -0.127. The van der Waals surface area contributed by atoms with Gasteiger partial charge in [0.05, 0.1) is 0 Å². The molecule has 2 unspecified atom stereocenters. The molecule has 0 radical (unpaired) electrons. The largest absolute Gasteiger partial charge is 0.342 e. The number of piperidine rings is 1. The van der Waals surface area contributed by atoms with Crippen LogP contribution in [0, 0.1) is 5.92 Å². The Kier molecular flexibility index (Phi) is 1.60. The summed E-state index contributed by atoms with van der Waals surface area (Å²) in [4.78, 5) is 13.2. The summed E-state index contributed by atoms with van der Waals surface area (Å²) in [6.45, 7) is 2.10. The van der Waals surface area contributed by atoms with Crippen LogP contribution in [0.15, 0.2) is 0 Å². The van der Waals surface area contributed by atoms with Crippen molar-refractivity contribution in [3.05, 3.63) is 0 Å². The highest BCUT2D eigenvalue weighted by Crippen LogP contribution is 2.27. The molecule has 11 heavy (non-hydrogen) atoms. The first-order valence-corrected chi connectivity index (χ1v) is 4.25. The second kappa shape index (κ2) is 2.48. The van der Waals surface area contributed by atoms with Crippen molar-refractivity contribution < 1.29 is 4.79 Å². The molecule has 2 atom stereocenters. The Balaban J connectivity index is 2.11. The van der Waals surface area contributed by atoms with E-state index in [1.807, 2.05) is 11.9 Å². The van der Waals surface area contributed by atoms with Gasteiger partial charge in [-0.1, -0.05) is 0 Å². The molecule has 0 aromatic rings. The summed E-state index contributed by atoms with van der Waals surface area (Å²) in [5.74, 6) is 0.907. The van der Waals surface area contributed by atoms with Crippen molar-refractivity contribution in [2.45, 2.75) is 18.9 Å². The third-order valence-electron chi connectivity index (χ3n) is 2.90. The van der Waals surface area contributed by atoms with Gasteiger partial charge in [0.25, 0.3) is 0 Å². The van der Waals surface area contributed by atoms with Crippen LogP contribution < -0.4 is 5.32 Å². The minimum absolute atomic E-state index is 0.323. The van der Waals surface area contributed by atoms with Gasteiger partial charge < -0.3 is 10.2 Å². The van der Waals surface area contributed by atoms with Crippen molar-refractivity contribution in [2.75, 3.05) is 20.1 Å². The zero-order valence-corrected chi connectivity index (χ0v) is 6.84. The fourth-order valence-electron chi connectivity index (χ4n) is 2.18. The van der Waals surface area contributed by atoms with E-state index < -0.39 is 0 Å². The Bertz CT molecular complexity index is 181. The molecule has 3 nitrogen and oxygen atoms in total. The van der Waals surface area contributed by atoms with Crippen LogP contribution in [0.2, 0.25) is 0 Å². The Morgan fingerprint density at radius 1 is 1.64 bits per heavy atom. The second-order valence-electron chi connectivity index (χ2n) is 3.53. The van der Waals surface area contributed by atoms with E-state index in [0.717, 1.165) is 25.9 Å². The van der Waals surface area contributed by atoms with Crippen LogP contribution in [0.25, 0.3) is 0 Å². The van der Waals surface area contributed by atoms with Gasteiger partial charge in [-0.15, -0.1) is 0 Å². The zero-order chi connectivity index (χ0) is 7.84. The molecule has 0 aromatic carbocycles. The maximum Gasteiger partial charge on any atom is 0.222 e. The summed E-state index contributed by atoms with van der Waals surface area (Å²) in [6, 6.07) is 0.531. The van der Waals surface area contributed by atoms with Gasteiger partial charge in [0, 0.05) is 32.0 Å². The first-order chi connectivity index (χ1) is 5.29. The number of carbonyl (C=O) groups is 1. The number of carbonyl (C=O) groups excluding carboxylic acids is 1. The average Bonchev–Trinajstić information content (AvgIpc) is 2.30. The lowest BCUT2D eigenvalue weighted by Crippen LogP contribution is -2.42. The molecule has 2 aliphatic rings. The lowest BCUT2D eigenvalue weighted by Gasteiger charge is -2.29. The SMILES string of the molecule is CN1C(=O)CC2CNCCC21. The predicted molar refractivity (Wildman–Crippen MR) is 42.2 cm³/mol. The van der Waals surface area contributed by atoms with Crippen LogP contribution in [0.3, 0.4) is 0 Å². The number of nitrogens with one attached hydrogen (secondary N) is 1. The van der Waals surface area contributed by atoms with E-state index in [-0.39, 0.29) is 0 Å². The van der Waals surface area contributed by atoms with Crippen molar-refractivity contribution in [3.8, 4) is 0 Å². The maximum atomic E-state index is 11.2. The molecule has 3 heteroatoms. The molecular weight excluding hydrogens is 140 g/mol. The minimum atomic E-state index is 0.323. The van der Waals surface area contributed by atoms with Crippen LogP contribution >= 0.6 is 0 Å². The molecule has 2 heterocycles. The van der Waals surface area contributed by atoms with E-state index in [0.29, 0.717) is 17.9 Å². The third kappa shape index (κ3) is 1.03. The van der Waals surface area contributed by atoms with E-state index in [2.05, 4.69) is 5.32 Å². The summed E-state index contributed by atoms with van der Waals surface area (Å²) < 4.78 is 0. The zero-order valence-electron chi connectivity index (χ0n) is 6.84. The van der Waals surface area contributed by atoms with Gasteiger partial charge in [-0.3, -0.25) is 4.79 Å². The highest BCUT2D eigenvalue weighted by Gasteiger charge is 2.38. The molecule has 1 N–H and O–H groups in total. The fourth-order valence-corrected chi connectivity index (χ4v) is 2.18. The Morgan fingerprint density at radius 2 is 2.45 bits per heavy atom. The number of likely N-dealkylation sites (tertiary alicyclic amines) is 1. The molecule has 62 valence electrons. The minimum Gasteiger partial charge on any atom is -0.342 e.